The van der Waals surface area contributed by atoms with Gasteiger partial charge in [0.25, 0.3) is 5.56 Å². The first kappa shape index (κ1) is 19.3. The molecule has 1 aliphatic rings. The number of halogens is 2. The zero-order valence-electron chi connectivity index (χ0n) is 15.5. The van der Waals surface area contributed by atoms with Crippen molar-refractivity contribution in [1.29, 1.82) is 0 Å². The summed E-state index contributed by atoms with van der Waals surface area (Å²) < 4.78 is 27.3. The Morgan fingerprint density at radius 2 is 1.90 bits per heavy atom. The summed E-state index contributed by atoms with van der Waals surface area (Å²) in [5.74, 6) is -1.93. The number of carbonyl (C=O) groups is 1. The summed E-state index contributed by atoms with van der Waals surface area (Å²) in [5.41, 5.74) is 2.21. The van der Waals surface area contributed by atoms with Crippen LogP contribution in [-0.2, 0) is 10.5 Å². The molecule has 0 spiro atoms. The van der Waals surface area contributed by atoms with Crippen molar-refractivity contribution < 1.29 is 13.6 Å². The van der Waals surface area contributed by atoms with Gasteiger partial charge in [-0.25, -0.2) is 13.8 Å². The fourth-order valence-corrected chi connectivity index (χ4v) is 4.24. The van der Waals surface area contributed by atoms with Crippen molar-refractivity contribution in [3.8, 4) is 0 Å². The van der Waals surface area contributed by atoms with Crippen molar-refractivity contribution in [3.05, 3.63) is 86.7 Å². The smallest absolute Gasteiger partial charge is 0.257 e. The van der Waals surface area contributed by atoms with Gasteiger partial charge in [-0.15, -0.1) is 0 Å². The minimum atomic E-state index is -0.768. The third kappa shape index (κ3) is 4.22. The van der Waals surface area contributed by atoms with E-state index in [-0.39, 0.29) is 29.3 Å². The second kappa shape index (κ2) is 7.79. The molecule has 0 bridgehead atoms. The lowest BCUT2D eigenvalue weighted by molar-refractivity contribution is -0.116. The third-order valence-corrected chi connectivity index (χ3v) is 5.62. The lowest BCUT2D eigenvalue weighted by Crippen LogP contribution is -2.31. The van der Waals surface area contributed by atoms with Crippen LogP contribution in [0.5, 0.6) is 0 Å². The van der Waals surface area contributed by atoms with E-state index in [1.165, 1.54) is 11.8 Å². The first-order valence-electron chi connectivity index (χ1n) is 8.97. The van der Waals surface area contributed by atoms with Gasteiger partial charge in [-0.2, -0.15) is 0 Å². The Bertz CT molecular complexity index is 1140. The minimum Gasteiger partial charge on any atom is -0.310 e. The molecule has 0 radical (unpaired) electrons. The van der Waals surface area contributed by atoms with Gasteiger partial charge < -0.3 is 10.3 Å². The quantitative estimate of drug-likeness (QED) is 0.498. The standard InChI is InChI=1S/C21H17F2N3O2S/c1-11-3-2-4-12(5-11)10-29-21-25-19-18(20(28)26-21)16(9-17(27)24-19)13-6-14(22)8-15(23)7-13/h2-8,16H,9-10H2,1H3,(H2,24,25,26,27,28)/t16-/m1/s1. The van der Waals surface area contributed by atoms with E-state index < -0.39 is 23.1 Å². The molecule has 8 heteroatoms. The van der Waals surface area contributed by atoms with Crippen LogP contribution in [0.4, 0.5) is 14.6 Å². The highest BCUT2D eigenvalue weighted by atomic mass is 32.2. The third-order valence-electron chi connectivity index (χ3n) is 4.67. The van der Waals surface area contributed by atoms with Crippen molar-refractivity contribution in [2.24, 2.45) is 0 Å². The van der Waals surface area contributed by atoms with Crippen LogP contribution in [0.3, 0.4) is 0 Å². The first-order valence-corrected chi connectivity index (χ1v) is 9.96. The second-order valence-corrected chi connectivity index (χ2v) is 7.88. The number of hydrogen-bond acceptors (Lipinski definition) is 4. The highest BCUT2D eigenvalue weighted by Crippen LogP contribution is 2.35. The van der Waals surface area contributed by atoms with E-state index in [2.05, 4.69) is 15.3 Å². The Balaban J connectivity index is 1.67. The van der Waals surface area contributed by atoms with E-state index in [9.17, 15) is 18.4 Å². The van der Waals surface area contributed by atoms with Crippen LogP contribution in [-0.4, -0.2) is 15.9 Å². The van der Waals surface area contributed by atoms with Crippen LogP contribution in [0.1, 0.15) is 34.6 Å². The number of H-pyrrole nitrogens is 1. The topological polar surface area (TPSA) is 74.8 Å². The number of carbonyl (C=O) groups excluding carboxylic acids is 1. The van der Waals surface area contributed by atoms with E-state index in [4.69, 9.17) is 0 Å². The van der Waals surface area contributed by atoms with E-state index >= 15 is 0 Å². The second-order valence-electron chi connectivity index (χ2n) is 6.92. The SMILES string of the molecule is Cc1cccc(CSc2nc3c(c(=O)[nH]2)[C@@H](c2cc(F)cc(F)c2)CC(=O)N3)c1. The lowest BCUT2D eigenvalue weighted by atomic mass is 9.87. The number of benzene rings is 2. The molecule has 0 saturated carbocycles. The van der Waals surface area contributed by atoms with Gasteiger partial charge in [0, 0.05) is 24.2 Å². The van der Waals surface area contributed by atoms with Crippen molar-refractivity contribution in [2.45, 2.75) is 30.2 Å². The summed E-state index contributed by atoms with van der Waals surface area (Å²) in [6, 6.07) is 11.0. The van der Waals surface area contributed by atoms with Gasteiger partial charge in [0.2, 0.25) is 5.91 Å². The molecular formula is C21H17F2N3O2S. The predicted molar refractivity (Wildman–Crippen MR) is 107 cm³/mol. The molecule has 3 aromatic rings. The molecule has 0 fully saturated rings. The molecule has 2 heterocycles. The molecule has 2 N–H and O–H groups in total. The Kier molecular flexibility index (Phi) is 5.19. The number of nitrogens with one attached hydrogen (secondary N) is 2. The maximum absolute atomic E-state index is 13.7. The summed E-state index contributed by atoms with van der Waals surface area (Å²) in [6.07, 6.45) is -0.0869. The van der Waals surface area contributed by atoms with Crippen LogP contribution in [0.15, 0.2) is 52.4 Å². The van der Waals surface area contributed by atoms with Gasteiger partial charge in [0.1, 0.15) is 17.5 Å². The number of rotatable bonds is 4. The molecule has 0 unspecified atom stereocenters. The summed E-state index contributed by atoms with van der Waals surface area (Å²) in [6.45, 7) is 2.00. The Hall–Kier alpha value is -3.00. The van der Waals surface area contributed by atoms with Gasteiger partial charge >= 0.3 is 0 Å². The molecule has 0 aliphatic carbocycles. The zero-order chi connectivity index (χ0) is 20.5. The van der Waals surface area contributed by atoms with Crippen molar-refractivity contribution >= 4 is 23.5 Å². The first-order chi connectivity index (χ1) is 13.9. The molecule has 5 nitrogen and oxygen atoms in total. The van der Waals surface area contributed by atoms with Crippen LogP contribution in [0.2, 0.25) is 0 Å². The number of nitrogens with zero attached hydrogens (tertiary/aromatic N) is 1. The summed E-state index contributed by atoms with van der Waals surface area (Å²) in [7, 11) is 0. The highest BCUT2D eigenvalue weighted by Gasteiger charge is 2.31. The molecule has 1 atom stereocenters. The van der Waals surface area contributed by atoms with Gasteiger partial charge in [-0.1, -0.05) is 41.6 Å². The average Bonchev–Trinajstić information content (AvgIpc) is 2.64. The predicted octanol–water partition coefficient (Wildman–Crippen LogP) is 4.12. The monoisotopic (exact) mass is 413 g/mol. The fraction of sp³-hybridized carbons (Fsp3) is 0.190. The summed E-state index contributed by atoms with van der Waals surface area (Å²) in [5, 5.41) is 2.97. The Morgan fingerprint density at radius 3 is 2.62 bits per heavy atom. The molecular weight excluding hydrogens is 396 g/mol. The number of aromatic amines is 1. The van der Waals surface area contributed by atoms with Crippen molar-refractivity contribution in [3.63, 3.8) is 0 Å². The minimum absolute atomic E-state index is 0.0869. The number of fused-ring (bicyclic) bond motifs is 1. The summed E-state index contributed by atoms with van der Waals surface area (Å²) in [4.78, 5) is 32.0. The molecule has 148 valence electrons. The highest BCUT2D eigenvalue weighted by molar-refractivity contribution is 7.98. The number of thioether (sulfide) groups is 1. The normalized spacial score (nSPS) is 15.7. The van der Waals surface area contributed by atoms with Gasteiger partial charge in [-0.3, -0.25) is 9.59 Å². The molecule has 2 aromatic carbocycles. The fourth-order valence-electron chi connectivity index (χ4n) is 3.43. The van der Waals surface area contributed by atoms with Crippen molar-refractivity contribution in [1.82, 2.24) is 9.97 Å². The van der Waals surface area contributed by atoms with Crippen LogP contribution in [0.25, 0.3) is 0 Å². The van der Waals surface area contributed by atoms with Gasteiger partial charge in [0.05, 0.1) is 5.56 Å². The van der Waals surface area contributed by atoms with E-state index in [0.717, 1.165) is 29.3 Å². The van der Waals surface area contributed by atoms with Crippen LogP contribution >= 0.6 is 11.8 Å². The van der Waals surface area contributed by atoms with E-state index in [1.807, 2.05) is 31.2 Å². The van der Waals surface area contributed by atoms with Gasteiger partial charge in [0.15, 0.2) is 5.16 Å². The number of aromatic nitrogens is 2. The molecule has 4 rings (SSSR count). The van der Waals surface area contributed by atoms with Crippen LogP contribution < -0.4 is 10.9 Å². The number of hydrogen-bond donors (Lipinski definition) is 2. The zero-order valence-corrected chi connectivity index (χ0v) is 16.3. The van der Waals surface area contributed by atoms with Crippen LogP contribution in [0, 0.1) is 18.6 Å². The largest absolute Gasteiger partial charge is 0.310 e. The Morgan fingerprint density at radius 1 is 1.14 bits per heavy atom. The molecule has 0 saturated heterocycles. The number of amides is 1. The molecule has 29 heavy (non-hydrogen) atoms. The Labute approximate surface area is 169 Å². The molecule has 1 aliphatic heterocycles. The molecule has 1 aromatic heterocycles. The van der Waals surface area contributed by atoms with Gasteiger partial charge in [-0.05, 0) is 30.2 Å². The maximum Gasteiger partial charge on any atom is 0.257 e. The average molecular weight is 413 g/mol. The van der Waals surface area contributed by atoms with E-state index in [1.54, 1.807) is 0 Å². The van der Waals surface area contributed by atoms with E-state index in [0.29, 0.717) is 10.9 Å². The lowest BCUT2D eigenvalue weighted by Gasteiger charge is -2.24. The number of anilines is 1. The summed E-state index contributed by atoms with van der Waals surface area (Å²) >= 11 is 1.33. The number of aryl methyl sites for hydroxylation is 1. The molecule has 1 amide bonds. The van der Waals surface area contributed by atoms with Crippen molar-refractivity contribution in [2.75, 3.05) is 5.32 Å². The maximum atomic E-state index is 13.7.